The van der Waals surface area contributed by atoms with E-state index >= 15 is 0 Å². The molecular weight excluding hydrogens is 148 g/mol. The van der Waals surface area contributed by atoms with E-state index in [9.17, 15) is 4.79 Å². The Labute approximate surface area is 61.9 Å². The topological polar surface area (TPSA) is 53.8 Å². The fourth-order valence-electron chi connectivity index (χ4n) is 0.527. The Morgan fingerprint density at radius 1 is 1.90 bits per heavy atom. The Morgan fingerprint density at radius 2 is 2.70 bits per heavy atom. The SMILES string of the molecule is N#Cc1csc(CC=O)n1. The van der Waals surface area contributed by atoms with Crippen molar-refractivity contribution in [2.24, 2.45) is 0 Å². The van der Waals surface area contributed by atoms with E-state index < -0.39 is 0 Å². The van der Waals surface area contributed by atoms with Crippen molar-refractivity contribution in [3.05, 3.63) is 16.1 Å². The van der Waals surface area contributed by atoms with Crippen molar-refractivity contribution in [2.75, 3.05) is 0 Å². The number of carbonyl (C=O) groups excluding carboxylic acids is 1. The zero-order chi connectivity index (χ0) is 7.40. The Kier molecular flexibility index (Phi) is 2.13. The first-order valence-corrected chi connectivity index (χ1v) is 3.53. The van der Waals surface area contributed by atoms with Crippen LogP contribution in [0.15, 0.2) is 5.38 Å². The average Bonchev–Trinajstić information content (AvgIpc) is 2.37. The monoisotopic (exact) mass is 152 g/mol. The third kappa shape index (κ3) is 1.39. The van der Waals surface area contributed by atoms with Gasteiger partial charge in [0.25, 0.3) is 0 Å². The fraction of sp³-hybridized carbons (Fsp3) is 0.167. The van der Waals surface area contributed by atoms with Gasteiger partial charge in [0.05, 0.1) is 6.42 Å². The standard InChI is InChI=1S/C6H4N2OS/c7-3-5-4-10-6(8-5)1-2-9/h2,4H,1H2. The number of aromatic nitrogens is 1. The first-order chi connectivity index (χ1) is 4.86. The van der Waals surface area contributed by atoms with Gasteiger partial charge in [-0.25, -0.2) is 4.98 Å². The van der Waals surface area contributed by atoms with Gasteiger partial charge in [0.1, 0.15) is 17.4 Å². The van der Waals surface area contributed by atoms with E-state index in [4.69, 9.17) is 5.26 Å². The molecule has 1 aromatic rings. The van der Waals surface area contributed by atoms with E-state index in [-0.39, 0.29) is 0 Å². The molecule has 3 nitrogen and oxygen atoms in total. The van der Waals surface area contributed by atoms with Crippen molar-refractivity contribution in [1.29, 1.82) is 5.26 Å². The summed E-state index contributed by atoms with van der Waals surface area (Å²) in [5, 5.41) is 10.7. The van der Waals surface area contributed by atoms with Gasteiger partial charge in [-0.3, -0.25) is 0 Å². The van der Waals surface area contributed by atoms with Crippen LogP contribution < -0.4 is 0 Å². The lowest BCUT2D eigenvalue weighted by Gasteiger charge is -1.78. The van der Waals surface area contributed by atoms with Crippen molar-refractivity contribution in [2.45, 2.75) is 6.42 Å². The molecule has 0 bridgehead atoms. The highest BCUT2D eigenvalue weighted by Gasteiger charge is 1.98. The van der Waals surface area contributed by atoms with Crippen LogP contribution in [0.4, 0.5) is 0 Å². The van der Waals surface area contributed by atoms with Crippen LogP contribution in [0.1, 0.15) is 10.7 Å². The van der Waals surface area contributed by atoms with Crippen LogP contribution >= 0.6 is 11.3 Å². The highest BCUT2D eigenvalue weighted by Crippen LogP contribution is 2.07. The van der Waals surface area contributed by atoms with E-state index in [1.807, 2.05) is 6.07 Å². The predicted octanol–water partition coefficient (Wildman–Crippen LogP) is 0.756. The molecule has 0 aliphatic rings. The van der Waals surface area contributed by atoms with Gasteiger partial charge in [-0.05, 0) is 0 Å². The van der Waals surface area contributed by atoms with Crippen LogP contribution in [0.5, 0.6) is 0 Å². The Morgan fingerprint density at radius 3 is 3.20 bits per heavy atom. The number of carbonyl (C=O) groups is 1. The number of nitriles is 1. The van der Waals surface area contributed by atoms with Gasteiger partial charge in [-0.1, -0.05) is 0 Å². The number of hydrogen-bond acceptors (Lipinski definition) is 4. The van der Waals surface area contributed by atoms with E-state index in [1.54, 1.807) is 5.38 Å². The second-order valence-electron chi connectivity index (χ2n) is 1.61. The quantitative estimate of drug-likeness (QED) is 0.588. The minimum absolute atomic E-state index is 0.312. The summed E-state index contributed by atoms with van der Waals surface area (Å²) in [6.45, 7) is 0. The normalized spacial score (nSPS) is 8.70. The smallest absolute Gasteiger partial charge is 0.151 e. The Hall–Kier alpha value is -1.21. The Bertz CT molecular complexity index is 274. The van der Waals surface area contributed by atoms with Crippen LogP contribution in [0.2, 0.25) is 0 Å². The zero-order valence-electron chi connectivity index (χ0n) is 5.07. The van der Waals surface area contributed by atoms with Crippen molar-refractivity contribution >= 4 is 17.6 Å². The van der Waals surface area contributed by atoms with Crippen molar-refractivity contribution in [3.63, 3.8) is 0 Å². The lowest BCUT2D eigenvalue weighted by molar-refractivity contribution is -0.107. The number of nitrogens with zero attached hydrogens (tertiary/aromatic N) is 2. The number of rotatable bonds is 2. The molecule has 10 heavy (non-hydrogen) atoms. The zero-order valence-corrected chi connectivity index (χ0v) is 5.89. The minimum atomic E-state index is 0.312. The lowest BCUT2D eigenvalue weighted by Crippen LogP contribution is -1.83. The van der Waals surface area contributed by atoms with Gasteiger partial charge >= 0.3 is 0 Å². The van der Waals surface area contributed by atoms with Crippen LogP contribution in [-0.2, 0) is 11.2 Å². The van der Waals surface area contributed by atoms with Crippen molar-refractivity contribution < 1.29 is 4.79 Å². The molecule has 0 aromatic carbocycles. The van der Waals surface area contributed by atoms with E-state index in [0.717, 1.165) is 6.29 Å². The number of hydrogen-bond donors (Lipinski definition) is 0. The predicted molar refractivity (Wildman–Crippen MR) is 36.6 cm³/mol. The van der Waals surface area contributed by atoms with Crippen LogP contribution in [0, 0.1) is 11.3 Å². The summed E-state index contributed by atoms with van der Waals surface area (Å²) in [4.78, 5) is 13.8. The summed E-state index contributed by atoms with van der Waals surface area (Å²) in [6.07, 6.45) is 1.09. The highest BCUT2D eigenvalue weighted by atomic mass is 32.1. The van der Waals surface area contributed by atoms with E-state index in [0.29, 0.717) is 17.1 Å². The van der Waals surface area contributed by atoms with Gasteiger partial charge < -0.3 is 4.79 Å². The molecule has 0 fully saturated rings. The molecular formula is C6H4N2OS. The highest BCUT2D eigenvalue weighted by molar-refractivity contribution is 7.09. The van der Waals surface area contributed by atoms with Gasteiger partial charge in [0, 0.05) is 5.38 Å². The number of thiazole rings is 1. The van der Waals surface area contributed by atoms with Crippen LogP contribution in [0.3, 0.4) is 0 Å². The minimum Gasteiger partial charge on any atom is -0.303 e. The maximum Gasteiger partial charge on any atom is 0.151 e. The van der Waals surface area contributed by atoms with Gasteiger partial charge in [-0.2, -0.15) is 5.26 Å². The molecule has 0 unspecified atom stereocenters. The van der Waals surface area contributed by atoms with E-state index in [1.165, 1.54) is 11.3 Å². The molecule has 50 valence electrons. The molecule has 0 radical (unpaired) electrons. The van der Waals surface area contributed by atoms with Gasteiger partial charge in [0.15, 0.2) is 5.69 Å². The molecule has 0 saturated heterocycles. The molecule has 0 aliphatic heterocycles. The second kappa shape index (κ2) is 3.08. The van der Waals surface area contributed by atoms with Gasteiger partial charge in [-0.15, -0.1) is 11.3 Å². The molecule has 4 heteroatoms. The maximum absolute atomic E-state index is 9.96. The molecule has 1 heterocycles. The van der Waals surface area contributed by atoms with Crippen LogP contribution in [-0.4, -0.2) is 11.3 Å². The van der Waals surface area contributed by atoms with E-state index in [2.05, 4.69) is 4.98 Å². The molecule has 0 amide bonds. The number of aldehydes is 1. The fourth-order valence-corrected chi connectivity index (χ4v) is 1.20. The van der Waals surface area contributed by atoms with Gasteiger partial charge in [0.2, 0.25) is 0 Å². The maximum atomic E-state index is 9.96. The van der Waals surface area contributed by atoms with Crippen molar-refractivity contribution in [1.82, 2.24) is 4.98 Å². The molecule has 0 saturated carbocycles. The van der Waals surface area contributed by atoms with Crippen molar-refractivity contribution in [3.8, 4) is 6.07 Å². The first kappa shape index (κ1) is 6.90. The largest absolute Gasteiger partial charge is 0.303 e. The average molecular weight is 152 g/mol. The summed E-state index contributed by atoms with van der Waals surface area (Å²) in [5.41, 5.74) is 0.391. The molecule has 0 N–H and O–H groups in total. The third-order valence-corrected chi connectivity index (χ3v) is 1.80. The molecule has 1 rings (SSSR count). The molecule has 1 aromatic heterocycles. The molecule has 0 atom stereocenters. The third-order valence-electron chi connectivity index (χ3n) is 0.924. The lowest BCUT2D eigenvalue weighted by atomic mass is 10.5. The summed E-state index contributed by atoms with van der Waals surface area (Å²) in [5.74, 6) is 0. The summed E-state index contributed by atoms with van der Waals surface area (Å²) >= 11 is 1.33. The first-order valence-electron chi connectivity index (χ1n) is 2.65. The summed E-state index contributed by atoms with van der Waals surface area (Å²) in [7, 11) is 0. The second-order valence-corrected chi connectivity index (χ2v) is 2.55. The Balaban J connectivity index is 2.80. The summed E-state index contributed by atoms with van der Waals surface area (Å²) in [6, 6.07) is 1.89. The molecule has 0 spiro atoms. The molecule has 0 aliphatic carbocycles. The summed E-state index contributed by atoms with van der Waals surface area (Å²) < 4.78 is 0. The van der Waals surface area contributed by atoms with Crippen LogP contribution in [0.25, 0.3) is 0 Å².